The molecule has 1 aromatic heterocycles. The van der Waals surface area contributed by atoms with Crippen molar-refractivity contribution >= 4 is 5.91 Å². The van der Waals surface area contributed by atoms with E-state index < -0.39 is 0 Å². The van der Waals surface area contributed by atoms with Crippen LogP contribution in [0.4, 0.5) is 4.39 Å². The topological polar surface area (TPSA) is 36.7 Å². The van der Waals surface area contributed by atoms with E-state index in [-0.39, 0.29) is 11.7 Å². The number of nitrogens with zero attached hydrogens (tertiary/aromatic N) is 2. The average Bonchev–Trinajstić information content (AvgIpc) is 3.03. The van der Waals surface area contributed by atoms with Gasteiger partial charge in [0.05, 0.1) is 13.1 Å². The highest BCUT2D eigenvalue weighted by Crippen LogP contribution is 2.24. The summed E-state index contributed by atoms with van der Waals surface area (Å²) >= 11 is 0. The number of rotatable bonds is 8. The Morgan fingerprint density at radius 1 is 1.19 bits per heavy atom. The van der Waals surface area contributed by atoms with Gasteiger partial charge in [-0.2, -0.15) is 0 Å². The normalized spacial score (nSPS) is 13.9. The number of fused-ring (bicyclic) bond motifs is 1. The van der Waals surface area contributed by atoms with Crippen LogP contribution in [0, 0.1) is 5.82 Å². The minimum atomic E-state index is -0.195. The van der Waals surface area contributed by atoms with Gasteiger partial charge in [0.25, 0.3) is 0 Å². The Bertz CT molecular complexity index is 752. The molecule has 0 spiro atoms. The lowest BCUT2D eigenvalue weighted by Gasteiger charge is -2.26. The van der Waals surface area contributed by atoms with Gasteiger partial charge in [-0.1, -0.05) is 18.6 Å². The summed E-state index contributed by atoms with van der Waals surface area (Å²) < 4.78 is 18.8. The molecule has 4 nitrogen and oxygen atoms in total. The molecule has 1 aliphatic heterocycles. The van der Waals surface area contributed by atoms with Crippen LogP contribution in [0.15, 0.2) is 34.7 Å². The van der Waals surface area contributed by atoms with Crippen LogP contribution in [0.25, 0.3) is 0 Å². The Kier molecular flexibility index (Phi) is 6.67. The molecule has 1 aromatic carbocycles. The van der Waals surface area contributed by atoms with Crippen LogP contribution in [-0.2, 0) is 30.7 Å². The highest BCUT2D eigenvalue weighted by molar-refractivity contribution is 5.76. The number of hydrogen-bond donors (Lipinski definition) is 0. The maximum absolute atomic E-state index is 12.9. The summed E-state index contributed by atoms with van der Waals surface area (Å²) in [5.41, 5.74) is 2.40. The van der Waals surface area contributed by atoms with Crippen LogP contribution in [0.3, 0.4) is 0 Å². The Balaban J connectivity index is 1.38. The summed E-state index contributed by atoms with van der Waals surface area (Å²) in [5, 5.41) is 0. The zero-order chi connectivity index (χ0) is 19.2. The van der Waals surface area contributed by atoms with Crippen LogP contribution >= 0.6 is 0 Å². The predicted molar refractivity (Wildman–Crippen MR) is 104 cm³/mol. The van der Waals surface area contributed by atoms with E-state index in [0.29, 0.717) is 13.0 Å². The first-order valence-corrected chi connectivity index (χ1v) is 9.78. The van der Waals surface area contributed by atoms with Gasteiger partial charge in [-0.25, -0.2) is 4.39 Å². The molecule has 5 heteroatoms. The smallest absolute Gasteiger partial charge is 0.222 e. The predicted octanol–water partition coefficient (Wildman–Crippen LogP) is 4.17. The first kappa shape index (κ1) is 19.6. The van der Waals surface area contributed by atoms with Crippen LogP contribution in [-0.4, -0.2) is 36.3 Å². The summed E-state index contributed by atoms with van der Waals surface area (Å²) in [7, 11) is 4.04. The fraction of sp³-hybridized carbons (Fsp3) is 0.500. The van der Waals surface area contributed by atoms with Crippen LogP contribution in [0.1, 0.15) is 48.3 Å². The average molecular weight is 372 g/mol. The van der Waals surface area contributed by atoms with Gasteiger partial charge in [-0.05, 0) is 69.1 Å². The van der Waals surface area contributed by atoms with E-state index in [2.05, 4.69) is 11.0 Å². The number of furan rings is 1. The van der Waals surface area contributed by atoms with Gasteiger partial charge in [0.1, 0.15) is 17.3 Å². The number of aryl methyl sites for hydroxylation is 1. The lowest BCUT2D eigenvalue weighted by molar-refractivity contribution is -0.132. The maximum Gasteiger partial charge on any atom is 0.222 e. The van der Waals surface area contributed by atoms with Gasteiger partial charge in [0.2, 0.25) is 5.91 Å². The molecule has 0 atom stereocenters. The van der Waals surface area contributed by atoms with Crippen LogP contribution < -0.4 is 0 Å². The van der Waals surface area contributed by atoms with Gasteiger partial charge >= 0.3 is 0 Å². The molecule has 0 bridgehead atoms. The van der Waals surface area contributed by atoms with Crippen molar-refractivity contribution in [2.24, 2.45) is 0 Å². The fourth-order valence-corrected chi connectivity index (χ4v) is 3.58. The maximum atomic E-state index is 12.9. The molecule has 0 saturated carbocycles. The Morgan fingerprint density at radius 3 is 2.70 bits per heavy atom. The van der Waals surface area contributed by atoms with Crippen molar-refractivity contribution < 1.29 is 13.6 Å². The van der Waals surface area contributed by atoms with Gasteiger partial charge in [-0.3, -0.25) is 4.79 Å². The molecule has 0 N–H and O–H groups in total. The summed E-state index contributed by atoms with van der Waals surface area (Å²) in [4.78, 5) is 16.5. The van der Waals surface area contributed by atoms with E-state index in [4.69, 9.17) is 4.42 Å². The molecular formula is C22H29FN2O2. The molecule has 3 rings (SSSR count). The van der Waals surface area contributed by atoms with E-state index in [1.54, 1.807) is 0 Å². The second-order valence-electron chi connectivity index (χ2n) is 7.65. The van der Waals surface area contributed by atoms with E-state index in [9.17, 15) is 9.18 Å². The summed E-state index contributed by atoms with van der Waals surface area (Å²) in [5.74, 6) is 1.94. The van der Waals surface area contributed by atoms with E-state index in [1.165, 1.54) is 17.7 Å². The zero-order valence-corrected chi connectivity index (χ0v) is 16.3. The molecule has 2 heterocycles. The van der Waals surface area contributed by atoms with Gasteiger partial charge in [0, 0.05) is 13.0 Å². The Hall–Kier alpha value is -2.14. The van der Waals surface area contributed by atoms with Gasteiger partial charge in [0.15, 0.2) is 0 Å². The third kappa shape index (κ3) is 5.67. The number of halogens is 1. The van der Waals surface area contributed by atoms with Crippen molar-refractivity contribution in [1.82, 2.24) is 9.80 Å². The molecule has 0 fully saturated rings. The van der Waals surface area contributed by atoms with Crippen molar-refractivity contribution in [3.8, 4) is 0 Å². The minimum Gasteiger partial charge on any atom is -0.463 e. The number of hydrogen-bond acceptors (Lipinski definition) is 3. The molecule has 1 aliphatic rings. The first-order valence-electron chi connectivity index (χ1n) is 9.78. The number of benzene rings is 1. The quantitative estimate of drug-likeness (QED) is 0.653. The molecule has 0 saturated heterocycles. The number of amides is 1. The fourth-order valence-electron chi connectivity index (χ4n) is 3.58. The lowest BCUT2D eigenvalue weighted by Crippen LogP contribution is -2.35. The summed E-state index contributed by atoms with van der Waals surface area (Å²) in [6.45, 7) is 2.16. The third-order valence-electron chi connectivity index (χ3n) is 5.03. The standard InChI is InChI=1S/C22H29FN2O2/c1-24(2)15-20-14-18-12-13-25(16-21(18)27-20)22(26)7-5-3-4-6-17-8-10-19(23)11-9-17/h8-11,14H,3-7,12-13,15-16H2,1-2H3. The van der Waals surface area contributed by atoms with E-state index in [1.807, 2.05) is 31.1 Å². The molecule has 27 heavy (non-hydrogen) atoms. The van der Waals surface area contributed by atoms with Gasteiger partial charge in [-0.15, -0.1) is 0 Å². The molecule has 146 valence electrons. The van der Waals surface area contributed by atoms with Crippen molar-refractivity contribution in [3.63, 3.8) is 0 Å². The highest BCUT2D eigenvalue weighted by Gasteiger charge is 2.23. The first-order chi connectivity index (χ1) is 13.0. The molecular weight excluding hydrogens is 343 g/mol. The van der Waals surface area contributed by atoms with E-state index >= 15 is 0 Å². The van der Waals surface area contributed by atoms with E-state index in [0.717, 1.165) is 62.3 Å². The second-order valence-corrected chi connectivity index (χ2v) is 7.65. The number of carbonyl (C=O) groups excluding carboxylic acids is 1. The number of unbranched alkanes of at least 4 members (excludes halogenated alkanes) is 2. The van der Waals surface area contributed by atoms with Crippen molar-refractivity contribution in [2.45, 2.75) is 51.6 Å². The highest BCUT2D eigenvalue weighted by atomic mass is 19.1. The SMILES string of the molecule is CN(C)Cc1cc2c(o1)CN(C(=O)CCCCCc1ccc(F)cc1)CC2. The van der Waals surface area contributed by atoms with Crippen LogP contribution in [0.2, 0.25) is 0 Å². The third-order valence-corrected chi connectivity index (χ3v) is 5.03. The number of carbonyl (C=O) groups is 1. The van der Waals surface area contributed by atoms with Crippen molar-refractivity contribution in [2.75, 3.05) is 20.6 Å². The largest absolute Gasteiger partial charge is 0.463 e. The summed E-state index contributed by atoms with van der Waals surface area (Å²) in [6.07, 6.45) is 5.33. The Morgan fingerprint density at radius 2 is 1.96 bits per heavy atom. The second kappa shape index (κ2) is 9.18. The van der Waals surface area contributed by atoms with Crippen molar-refractivity contribution in [3.05, 3.63) is 58.8 Å². The molecule has 0 radical (unpaired) electrons. The minimum absolute atomic E-state index is 0.195. The molecule has 0 aliphatic carbocycles. The molecule has 2 aromatic rings. The van der Waals surface area contributed by atoms with Crippen LogP contribution in [0.5, 0.6) is 0 Å². The Labute approximate surface area is 161 Å². The molecule has 1 amide bonds. The lowest BCUT2D eigenvalue weighted by atomic mass is 10.0. The van der Waals surface area contributed by atoms with Gasteiger partial charge < -0.3 is 14.2 Å². The summed E-state index contributed by atoms with van der Waals surface area (Å²) in [6, 6.07) is 8.80. The zero-order valence-electron chi connectivity index (χ0n) is 16.3. The monoisotopic (exact) mass is 372 g/mol. The molecule has 0 unspecified atom stereocenters. The van der Waals surface area contributed by atoms with Crippen molar-refractivity contribution in [1.29, 1.82) is 0 Å².